The molecule has 0 aliphatic carbocycles. The fraction of sp³-hybridized carbons (Fsp3) is 0.882. The van der Waals surface area contributed by atoms with E-state index in [0.29, 0.717) is 6.42 Å². The fourth-order valence-electron chi connectivity index (χ4n) is 3.43. The maximum atomic E-state index is 14.3. The number of nitrogens with one attached hydrogen (secondary N) is 1. The van der Waals surface area contributed by atoms with Crippen molar-refractivity contribution in [1.82, 2.24) is 10.2 Å². The molecule has 0 bridgehead atoms. The summed E-state index contributed by atoms with van der Waals surface area (Å²) in [7, 11) is -4.74. The molecule has 0 saturated carbocycles. The summed E-state index contributed by atoms with van der Waals surface area (Å²) in [5, 5.41) is 9.01. The quantitative estimate of drug-likeness (QED) is 0.298. The van der Waals surface area contributed by atoms with Crippen molar-refractivity contribution < 1.29 is 27.5 Å². The van der Waals surface area contributed by atoms with E-state index in [1.807, 2.05) is 13.0 Å². The molecule has 0 atom stereocenters. The van der Waals surface area contributed by atoms with Crippen molar-refractivity contribution in [2.24, 2.45) is 0 Å². The first-order chi connectivity index (χ1) is 12.3. The summed E-state index contributed by atoms with van der Waals surface area (Å²) in [4.78, 5) is 25.6. The van der Waals surface area contributed by atoms with Gasteiger partial charge < -0.3 is 0 Å². The van der Waals surface area contributed by atoms with Crippen LogP contribution in [0.3, 0.4) is 0 Å². The molecule has 0 rings (SSSR count). The summed E-state index contributed by atoms with van der Waals surface area (Å²) < 4.78 is 44.6. The average Bonchev–Trinajstić information content (AvgIpc) is 2.54. The van der Waals surface area contributed by atoms with Gasteiger partial charge in [0.05, 0.1) is 0 Å². The summed E-state index contributed by atoms with van der Waals surface area (Å²) in [6.07, 6.45) is -2.60. The first-order valence-corrected chi connectivity index (χ1v) is 11.7. The molecule has 6 nitrogen and oxygen atoms in total. The normalized spacial score (nSPS) is 14.3. The first kappa shape index (κ1) is 26.1. The molecular formula is C17H32F3N3O3P-. The van der Waals surface area contributed by atoms with E-state index in [9.17, 15) is 22.9 Å². The molecule has 0 aromatic carbocycles. The summed E-state index contributed by atoms with van der Waals surface area (Å²) in [6.45, 7) is 9.03. The number of amides is 1. The molecule has 0 aromatic rings. The van der Waals surface area contributed by atoms with E-state index in [4.69, 9.17) is 9.89 Å². The summed E-state index contributed by atoms with van der Waals surface area (Å²) >= 11 is 0. The van der Waals surface area contributed by atoms with Crippen molar-refractivity contribution in [3.63, 3.8) is 0 Å². The zero-order valence-electron chi connectivity index (χ0n) is 16.8. The van der Waals surface area contributed by atoms with Crippen LogP contribution in [0.4, 0.5) is 13.2 Å². The second-order valence-corrected chi connectivity index (χ2v) is 11.3. The molecule has 0 saturated heterocycles. The number of hydrogen-bond donors (Lipinski definition) is 1. The van der Waals surface area contributed by atoms with Crippen molar-refractivity contribution in [2.75, 3.05) is 12.3 Å². The zero-order valence-corrected chi connectivity index (χ0v) is 17.7. The van der Waals surface area contributed by atoms with Gasteiger partial charge in [0.2, 0.25) is 0 Å². The van der Waals surface area contributed by atoms with Gasteiger partial charge in [-0.2, -0.15) is 0 Å². The number of carbonyl (C=O) groups is 1. The third-order valence-corrected chi connectivity index (χ3v) is 9.06. The molecule has 0 aliphatic heterocycles. The number of nitrogens with zero attached hydrogens (tertiary/aromatic N) is 2. The van der Waals surface area contributed by atoms with Crippen LogP contribution >= 0.6 is 7.21 Å². The standard InChI is InChI=1S/C17H32F3N3O3P/c1-6-7-8-9-12-27(25,13-10-11-21,23(14(2)3)15(4)5)26-22-16(24)17(18,19)20/h14-15H,6-10,12-13H2,1-5H3,(H,22,24)/q-1. The number of nitriles is 1. The van der Waals surface area contributed by atoms with Crippen LogP contribution in [0.2, 0.25) is 0 Å². The summed E-state index contributed by atoms with van der Waals surface area (Å²) in [5.74, 6) is -2.31. The second-order valence-electron chi connectivity index (χ2n) is 7.26. The number of alkyl halides is 3. The Hall–Kier alpha value is -0.940. The second kappa shape index (κ2) is 10.6. The Bertz CT molecular complexity index is 518. The number of halogens is 3. The molecular weight excluding hydrogens is 382 g/mol. The van der Waals surface area contributed by atoms with E-state index in [0.717, 1.165) is 19.3 Å². The third-order valence-electron chi connectivity index (χ3n) is 4.29. The van der Waals surface area contributed by atoms with Crippen LogP contribution in [-0.2, 0) is 9.42 Å². The van der Waals surface area contributed by atoms with Gasteiger partial charge in [-0.05, 0) is 0 Å². The fourth-order valence-corrected chi connectivity index (χ4v) is 8.13. The van der Waals surface area contributed by atoms with Crippen molar-refractivity contribution in [3.05, 3.63) is 0 Å². The van der Waals surface area contributed by atoms with Crippen molar-refractivity contribution >= 4 is 13.1 Å². The van der Waals surface area contributed by atoms with E-state index in [1.54, 1.807) is 27.7 Å². The summed E-state index contributed by atoms with van der Waals surface area (Å²) in [6, 6.07) is 1.24. The Kier molecular flexibility index (Phi) is 10.2. The van der Waals surface area contributed by atoms with Gasteiger partial charge >= 0.3 is 159 Å². The molecule has 1 amide bonds. The van der Waals surface area contributed by atoms with E-state index in [2.05, 4.69) is 0 Å². The molecule has 0 spiro atoms. The molecule has 0 fully saturated rings. The predicted molar refractivity (Wildman–Crippen MR) is 98.4 cm³/mol. The molecule has 0 aromatic heterocycles. The summed E-state index contributed by atoms with van der Waals surface area (Å²) in [5.41, 5.74) is 1.37. The minimum absolute atomic E-state index is 0.0260. The van der Waals surface area contributed by atoms with Crippen LogP contribution < -0.4 is 10.4 Å². The first-order valence-electron chi connectivity index (χ1n) is 9.28. The SMILES string of the molecule is CCCCCCP([O-])(CCC#N)(ONC(=O)C(F)(F)F)N(C(C)C)C(C)C. The molecule has 0 unspecified atom stereocenters. The molecule has 27 heavy (non-hydrogen) atoms. The average molecular weight is 414 g/mol. The van der Waals surface area contributed by atoms with Gasteiger partial charge in [0, 0.05) is 0 Å². The van der Waals surface area contributed by atoms with Gasteiger partial charge in [0.1, 0.15) is 0 Å². The molecule has 0 heterocycles. The Balaban J connectivity index is 5.98. The van der Waals surface area contributed by atoms with E-state index in [1.165, 1.54) is 10.2 Å². The van der Waals surface area contributed by atoms with Gasteiger partial charge in [-0.15, -0.1) is 0 Å². The van der Waals surface area contributed by atoms with Crippen LogP contribution in [0.25, 0.3) is 0 Å². The van der Waals surface area contributed by atoms with Crippen LogP contribution in [0, 0.1) is 11.3 Å². The van der Waals surface area contributed by atoms with Crippen molar-refractivity contribution in [2.45, 2.75) is 85.0 Å². The monoisotopic (exact) mass is 414 g/mol. The van der Waals surface area contributed by atoms with Gasteiger partial charge in [0.15, 0.2) is 0 Å². The molecule has 1 N–H and O–H groups in total. The van der Waals surface area contributed by atoms with Gasteiger partial charge in [-0.1, -0.05) is 0 Å². The number of rotatable bonds is 12. The number of hydroxylamine groups is 1. The molecule has 0 radical (unpaired) electrons. The third kappa shape index (κ3) is 7.53. The van der Waals surface area contributed by atoms with Crippen molar-refractivity contribution in [3.8, 4) is 6.07 Å². The van der Waals surface area contributed by atoms with Gasteiger partial charge in [-0.25, -0.2) is 0 Å². The van der Waals surface area contributed by atoms with Crippen LogP contribution in [0.5, 0.6) is 0 Å². The minimum atomic E-state index is -5.16. The Morgan fingerprint density at radius 3 is 2.15 bits per heavy atom. The topological polar surface area (TPSA) is 88.4 Å². The Morgan fingerprint density at radius 1 is 1.19 bits per heavy atom. The predicted octanol–water partition coefficient (Wildman–Crippen LogP) is 3.87. The molecule has 0 aliphatic rings. The zero-order chi connectivity index (χ0) is 21.3. The van der Waals surface area contributed by atoms with Crippen LogP contribution in [-0.4, -0.2) is 41.2 Å². The van der Waals surface area contributed by atoms with Crippen molar-refractivity contribution in [1.29, 1.82) is 5.26 Å². The van der Waals surface area contributed by atoms with Crippen LogP contribution in [0.15, 0.2) is 0 Å². The van der Waals surface area contributed by atoms with E-state index >= 15 is 0 Å². The Morgan fingerprint density at radius 2 is 1.74 bits per heavy atom. The number of carbonyl (C=O) groups excluding carboxylic acids is 1. The van der Waals surface area contributed by atoms with Crippen LogP contribution in [0.1, 0.15) is 66.7 Å². The van der Waals surface area contributed by atoms with E-state index in [-0.39, 0.29) is 30.8 Å². The Labute approximate surface area is 160 Å². The molecule has 10 heteroatoms. The number of unbranched alkanes of at least 4 members (excludes halogenated alkanes) is 3. The maximum absolute atomic E-state index is 14.3. The van der Waals surface area contributed by atoms with Gasteiger partial charge in [0.25, 0.3) is 0 Å². The number of hydrogen-bond acceptors (Lipinski definition) is 5. The van der Waals surface area contributed by atoms with E-state index < -0.39 is 19.3 Å². The van der Waals surface area contributed by atoms with Gasteiger partial charge in [-0.3, -0.25) is 0 Å². The molecule has 160 valence electrons.